The first-order chi connectivity index (χ1) is 11.4. The van der Waals surface area contributed by atoms with Crippen LogP contribution in [-0.2, 0) is 27.2 Å². The minimum atomic E-state index is -0.565. The number of carbonyl (C=O) groups is 2. The van der Waals surface area contributed by atoms with Crippen molar-refractivity contribution in [1.82, 2.24) is 10.6 Å². The highest BCUT2D eigenvalue weighted by Gasteiger charge is 2.25. The zero-order valence-electron chi connectivity index (χ0n) is 15.0. The van der Waals surface area contributed by atoms with E-state index >= 15 is 0 Å². The first-order valence-electron chi connectivity index (χ1n) is 8.62. The molecule has 0 aromatic heterocycles. The van der Waals surface area contributed by atoms with Gasteiger partial charge < -0.3 is 15.4 Å². The molecule has 1 aromatic rings. The monoisotopic (exact) mass is 332 g/mol. The SMILES string of the molecule is COCC(=O)N[C@H](C(=O)NC(C)c1ccc2c(c1)CCC2)C(C)C. The fraction of sp³-hybridized carbons (Fsp3) is 0.579. The van der Waals surface area contributed by atoms with Crippen LogP contribution in [0.3, 0.4) is 0 Å². The lowest BCUT2D eigenvalue weighted by Gasteiger charge is -2.24. The first kappa shape index (κ1) is 18.5. The minimum Gasteiger partial charge on any atom is -0.375 e. The third-order valence-corrected chi connectivity index (χ3v) is 4.52. The number of methoxy groups -OCH3 is 1. The fourth-order valence-electron chi connectivity index (χ4n) is 3.13. The molecule has 2 N–H and O–H groups in total. The lowest BCUT2D eigenvalue weighted by molar-refractivity contribution is -0.132. The number of ether oxygens (including phenoxy) is 1. The van der Waals surface area contributed by atoms with Gasteiger partial charge in [0.1, 0.15) is 12.6 Å². The number of rotatable bonds is 7. The Kier molecular flexibility index (Phi) is 6.37. The zero-order valence-corrected chi connectivity index (χ0v) is 15.0. The van der Waals surface area contributed by atoms with Crippen LogP contribution in [0.1, 0.15) is 49.9 Å². The van der Waals surface area contributed by atoms with E-state index in [4.69, 9.17) is 4.74 Å². The van der Waals surface area contributed by atoms with Crippen molar-refractivity contribution in [3.8, 4) is 0 Å². The van der Waals surface area contributed by atoms with E-state index in [1.807, 2.05) is 20.8 Å². The van der Waals surface area contributed by atoms with Crippen LogP contribution in [0.4, 0.5) is 0 Å². The van der Waals surface area contributed by atoms with Gasteiger partial charge in [-0.05, 0) is 48.8 Å². The molecule has 0 radical (unpaired) electrons. The Balaban J connectivity index is 2.01. The van der Waals surface area contributed by atoms with Crippen LogP contribution in [0.5, 0.6) is 0 Å². The van der Waals surface area contributed by atoms with Gasteiger partial charge in [0.2, 0.25) is 11.8 Å². The van der Waals surface area contributed by atoms with Crippen LogP contribution < -0.4 is 10.6 Å². The van der Waals surface area contributed by atoms with Crippen molar-refractivity contribution in [3.63, 3.8) is 0 Å². The van der Waals surface area contributed by atoms with E-state index in [-0.39, 0.29) is 30.4 Å². The number of nitrogens with one attached hydrogen (secondary N) is 2. The zero-order chi connectivity index (χ0) is 17.7. The van der Waals surface area contributed by atoms with Gasteiger partial charge in [0.05, 0.1) is 6.04 Å². The van der Waals surface area contributed by atoms with Gasteiger partial charge in [-0.3, -0.25) is 9.59 Å². The maximum atomic E-state index is 12.6. The molecule has 2 amide bonds. The summed E-state index contributed by atoms with van der Waals surface area (Å²) in [6.45, 7) is 5.76. The second-order valence-corrected chi connectivity index (χ2v) is 6.83. The van der Waals surface area contributed by atoms with Crippen LogP contribution in [0.15, 0.2) is 18.2 Å². The minimum absolute atomic E-state index is 0.00183. The molecular weight excluding hydrogens is 304 g/mol. The molecule has 2 rings (SSSR count). The Morgan fingerprint density at radius 3 is 2.50 bits per heavy atom. The van der Waals surface area contributed by atoms with Crippen LogP contribution in [-0.4, -0.2) is 31.6 Å². The quantitative estimate of drug-likeness (QED) is 0.804. The molecule has 0 heterocycles. The summed E-state index contributed by atoms with van der Waals surface area (Å²) in [5.74, 6) is -0.447. The van der Waals surface area contributed by atoms with Crippen molar-refractivity contribution >= 4 is 11.8 Å². The second kappa shape index (κ2) is 8.29. The van der Waals surface area contributed by atoms with Crippen LogP contribution >= 0.6 is 0 Å². The van der Waals surface area contributed by atoms with E-state index in [1.165, 1.54) is 24.7 Å². The van der Waals surface area contributed by atoms with Crippen LogP contribution in [0.2, 0.25) is 0 Å². The molecule has 5 heteroatoms. The molecule has 0 saturated heterocycles. The Labute approximate surface area is 144 Å². The van der Waals surface area contributed by atoms with Gasteiger partial charge in [0.15, 0.2) is 0 Å². The summed E-state index contributed by atoms with van der Waals surface area (Å²) < 4.78 is 4.81. The van der Waals surface area contributed by atoms with Gasteiger partial charge >= 0.3 is 0 Å². The van der Waals surface area contributed by atoms with Gasteiger partial charge in [-0.2, -0.15) is 0 Å². The molecule has 1 unspecified atom stereocenters. The van der Waals surface area contributed by atoms with E-state index in [2.05, 4.69) is 28.8 Å². The van der Waals surface area contributed by atoms with Gasteiger partial charge in [-0.15, -0.1) is 0 Å². The van der Waals surface area contributed by atoms with E-state index in [9.17, 15) is 9.59 Å². The van der Waals surface area contributed by atoms with Crippen molar-refractivity contribution in [2.75, 3.05) is 13.7 Å². The fourth-order valence-corrected chi connectivity index (χ4v) is 3.13. The Morgan fingerprint density at radius 1 is 1.12 bits per heavy atom. The second-order valence-electron chi connectivity index (χ2n) is 6.83. The Bertz CT molecular complexity index is 598. The lowest BCUT2D eigenvalue weighted by Crippen LogP contribution is -2.51. The Hall–Kier alpha value is -1.88. The van der Waals surface area contributed by atoms with E-state index in [0.29, 0.717) is 0 Å². The summed E-state index contributed by atoms with van der Waals surface area (Å²) in [6, 6.07) is 5.79. The third kappa shape index (κ3) is 4.57. The molecule has 1 aromatic carbocycles. The van der Waals surface area contributed by atoms with E-state index in [0.717, 1.165) is 18.4 Å². The summed E-state index contributed by atoms with van der Waals surface area (Å²) in [5.41, 5.74) is 3.92. The number of aryl methyl sites for hydroxylation is 2. The number of hydrogen-bond acceptors (Lipinski definition) is 3. The maximum Gasteiger partial charge on any atom is 0.246 e. The predicted octanol–water partition coefficient (Wildman–Crippen LogP) is 2.14. The third-order valence-electron chi connectivity index (χ3n) is 4.52. The molecule has 0 saturated carbocycles. The number of amides is 2. The van der Waals surface area contributed by atoms with Crippen molar-refractivity contribution in [2.45, 2.75) is 52.1 Å². The average Bonchev–Trinajstić information content (AvgIpc) is 2.99. The van der Waals surface area contributed by atoms with E-state index in [1.54, 1.807) is 0 Å². The summed E-state index contributed by atoms with van der Waals surface area (Å²) >= 11 is 0. The number of fused-ring (bicyclic) bond motifs is 1. The van der Waals surface area contributed by atoms with Gasteiger partial charge in [0.25, 0.3) is 0 Å². The summed E-state index contributed by atoms with van der Waals surface area (Å²) in [7, 11) is 1.46. The summed E-state index contributed by atoms with van der Waals surface area (Å²) in [4.78, 5) is 24.3. The van der Waals surface area contributed by atoms with Gasteiger partial charge in [0, 0.05) is 7.11 Å². The highest BCUT2D eigenvalue weighted by atomic mass is 16.5. The normalized spacial score (nSPS) is 15.7. The molecule has 0 bridgehead atoms. The molecule has 0 fully saturated rings. The molecule has 0 aliphatic heterocycles. The molecule has 132 valence electrons. The highest BCUT2D eigenvalue weighted by Crippen LogP contribution is 2.25. The maximum absolute atomic E-state index is 12.6. The summed E-state index contributed by atoms with van der Waals surface area (Å²) in [5, 5.41) is 5.76. The highest BCUT2D eigenvalue weighted by molar-refractivity contribution is 5.88. The van der Waals surface area contributed by atoms with Crippen molar-refractivity contribution < 1.29 is 14.3 Å². The molecule has 2 atom stereocenters. The van der Waals surface area contributed by atoms with Crippen molar-refractivity contribution in [1.29, 1.82) is 0 Å². The molecule has 1 aliphatic carbocycles. The standard InChI is InChI=1S/C19H28N2O3/c1-12(2)18(21-17(22)11-24-4)19(23)20-13(3)15-9-8-14-6-5-7-16(14)10-15/h8-10,12-13,18H,5-7,11H2,1-4H3,(H,20,23)(H,21,22)/t13?,18-/m0/s1. The topological polar surface area (TPSA) is 67.4 Å². The molecule has 5 nitrogen and oxygen atoms in total. The predicted molar refractivity (Wildman–Crippen MR) is 93.7 cm³/mol. The number of benzene rings is 1. The van der Waals surface area contributed by atoms with Gasteiger partial charge in [-0.1, -0.05) is 32.0 Å². The lowest BCUT2D eigenvalue weighted by atomic mass is 10.00. The average molecular weight is 332 g/mol. The number of hydrogen-bond donors (Lipinski definition) is 2. The summed E-state index contributed by atoms with van der Waals surface area (Å²) in [6.07, 6.45) is 3.48. The smallest absolute Gasteiger partial charge is 0.246 e. The molecular formula is C19H28N2O3. The van der Waals surface area contributed by atoms with E-state index < -0.39 is 6.04 Å². The van der Waals surface area contributed by atoms with Crippen LogP contribution in [0, 0.1) is 5.92 Å². The molecule has 0 spiro atoms. The van der Waals surface area contributed by atoms with Crippen LogP contribution in [0.25, 0.3) is 0 Å². The Morgan fingerprint density at radius 2 is 1.83 bits per heavy atom. The van der Waals surface area contributed by atoms with Crippen molar-refractivity contribution in [2.24, 2.45) is 5.92 Å². The first-order valence-corrected chi connectivity index (χ1v) is 8.62. The largest absolute Gasteiger partial charge is 0.375 e. The molecule has 24 heavy (non-hydrogen) atoms. The van der Waals surface area contributed by atoms with Gasteiger partial charge in [-0.25, -0.2) is 0 Å². The number of carbonyl (C=O) groups excluding carboxylic acids is 2. The molecule has 1 aliphatic rings. The van der Waals surface area contributed by atoms with Crippen molar-refractivity contribution in [3.05, 3.63) is 34.9 Å².